The van der Waals surface area contributed by atoms with Crippen LogP contribution in [0.25, 0.3) is 33.3 Å². The molecule has 4 heterocycles. The van der Waals surface area contributed by atoms with Crippen molar-refractivity contribution >= 4 is 44.9 Å². The number of aromatic nitrogens is 3. The van der Waals surface area contributed by atoms with E-state index >= 15 is 0 Å². The van der Waals surface area contributed by atoms with Gasteiger partial charge in [0.15, 0.2) is 0 Å². The van der Waals surface area contributed by atoms with Gasteiger partial charge in [-0.25, -0.2) is 4.98 Å². The Kier molecular flexibility index (Phi) is 6.10. The average molecular weight is 493 g/mol. The van der Waals surface area contributed by atoms with E-state index in [4.69, 9.17) is 21.3 Å². The lowest BCUT2D eigenvalue weighted by Gasteiger charge is -2.28. The fourth-order valence-electron chi connectivity index (χ4n) is 5.14. The van der Waals surface area contributed by atoms with E-state index in [9.17, 15) is 4.79 Å². The number of pyridine rings is 1. The second-order valence-electron chi connectivity index (χ2n) is 9.35. The van der Waals surface area contributed by atoms with Gasteiger partial charge in [0.1, 0.15) is 11.4 Å². The number of rotatable bonds is 5. The highest BCUT2D eigenvalue weighted by Gasteiger charge is 2.21. The van der Waals surface area contributed by atoms with E-state index < -0.39 is 0 Å². The van der Waals surface area contributed by atoms with Crippen molar-refractivity contribution in [1.82, 2.24) is 20.3 Å². The lowest BCUT2D eigenvalue weighted by molar-refractivity contribution is 0.122. The van der Waals surface area contributed by atoms with Crippen LogP contribution in [0.2, 0.25) is 5.02 Å². The molecule has 4 N–H and O–H groups in total. The van der Waals surface area contributed by atoms with Gasteiger partial charge >= 0.3 is 0 Å². The molecule has 0 aliphatic carbocycles. The topological polar surface area (TPSA) is 98.1 Å². The summed E-state index contributed by atoms with van der Waals surface area (Å²) >= 11 is 6.23. The van der Waals surface area contributed by atoms with Crippen LogP contribution in [0.3, 0.4) is 0 Å². The fourth-order valence-corrected chi connectivity index (χ4v) is 5.32. The number of ether oxygens (including phenoxy) is 1. The number of anilines is 2. The predicted octanol–water partition coefficient (Wildman–Crippen LogP) is 3.97. The van der Waals surface area contributed by atoms with E-state index in [-0.39, 0.29) is 5.56 Å². The Labute approximate surface area is 208 Å². The van der Waals surface area contributed by atoms with Gasteiger partial charge in [0.2, 0.25) is 0 Å². The van der Waals surface area contributed by atoms with E-state index in [1.54, 1.807) is 6.07 Å². The average Bonchev–Trinajstić information content (AvgIpc) is 3.31. The number of nitrogens with zero attached hydrogens (tertiary/aromatic N) is 2. The number of H-pyrrole nitrogens is 2. The zero-order valence-electron chi connectivity index (χ0n) is 19.5. The zero-order valence-corrected chi connectivity index (χ0v) is 20.3. The van der Waals surface area contributed by atoms with Crippen LogP contribution in [-0.4, -0.2) is 60.9 Å². The van der Waals surface area contributed by atoms with Gasteiger partial charge in [-0.2, -0.15) is 0 Å². The molecular formula is C26H29ClN6O2. The van der Waals surface area contributed by atoms with Gasteiger partial charge < -0.3 is 30.2 Å². The smallest absolute Gasteiger partial charge is 0.261 e. The van der Waals surface area contributed by atoms with Crippen LogP contribution in [-0.2, 0) is 4.74 Å². The molecule has 8 nitrogen and oxygen atoms in total. The quantitative estimate of drug-likeness (QED) is 0.336. The van der Waals surface area contributed by atoms with Crippen molar-refractivity contribution in [2.24, 2.45) is 5.92 Å². The van der Waals surface area contributed by atoms with Crippen LogP contribution in [0.5, 0.6) is 0 Å². The van der Waals surface area contributed by atoms with Crippen molar-refractivity contribution in [3.63, 3.8) is 0 Å². The molecule has 35 heavy (non-hydrogen) atoms. The third-order valence-corrected chi connectivity index (χ3v) is 7.32. The number of hydrogen-bond acceptors (Lipinski definition) is 6. The molecule has 4 aromatic rings. The Balaban J connectivity index is 1.42. The number of piperidine rings is 1. The molecule has 2 fully saturated rings. The van der Waals surface area contributed by atoms with Crippen molar-refractivity contribution in [2.75, 3.05) is 56.2 Å². The van der Waals surface area contributed by atoms with Crippen molar-refractivity contribution in [3.8, 4) is 11.4 Å². The van der Waals surface area contributed by atoms with Gasteiger partial charge in [0, 0.05) is 35.7 Å². The molecule has 0 radical (unpaired) electrons. The molecule has 0 saturated carbocycles. The molecule has 0 unspecified atom stereocenters. The first-order valence-electron chi connectivity index (χ1n) is 12.3. The highest BCUT2D eigenvalue weighted by atomic mass is 35.5. The van der Waals surface area contributed by atoms with Gasteiger partial charge in [-0.3, -0.25) is 4.79 Å². The molecule has 0 amide bonds. The van der Waals surface area contributed by atoms with Crippen LogP contribution in [0.15, 0.2) is 41.2 Å². The minimum Gasteiger partial charge on any atom is -0.383 e. The predicted molar refractivity (Wildman–Crippen MR) is 142 cm³/mol. The summed E-state index contributed by atoms with van der Waals surface area (Å²) in [5.41, 5.74) is 4.69. The SMILES string of the molecule is O=c1[nH]c2cc(Cl)ccc2c(NCC2CCNCC2)c1-c1nc2cc(N3CCOCC3)ccc2[nH]1. The van der Waals surface area contributed by atoms with E-state index in [0.717, 1.165) is 86.6 Å². The minimum absolute atomic E-state index is 0.194. The first-order chi connectivity index (χ1) is 17.2. The van der Waals surface area contributed by atoms with Crippen molar-refractivity contribution in [3.05, 3.63) is 51.8 Å². The Bertz CT molecular complexity index is 1420. The van der Waals surface area contributed by atoms with E-state index in [2.05, 4.69) is 37.6 Å². The van der Waals surface area contributed by atoms with Crippen molar-refractivity contribution < 1.29 is 4.74 Å². The Morgan fingerprint density at radius 2 is 1.89 bits per heavy atom. The van der Waals surface area contributed by atoms with E-state index in [1.165, 1.54) is 0 Å². The van der Waals surface area contributed by atoms with Crippen LogP contribution in [0, 0.1) is 5.92 Å². The summed E-state index contributed by atoms with van der Waals surface area (Å²) in [5, 5.41) is 8.55. The second kappa shape index (κ2) is 9.53. The molecular weight excluding hydrogens is 464 g/mol. The van der Waals surface area contributed by atoms with Crippen LogP contribution in [0.1, 0.15) is 12.8 Å². The molecule has 2 aliphatic rings. The molecule has 2 aliphatic heterocycles. The molecule has 2 aromatic carbocycles. The number of morpholine rings is 1. The van der Waals surface area contributed by atoms with Gasteiger partial charge in [-0.15, -0.1) is 0 Å². The van der Waals surface area contributed by atoms with E-state index in [0.29, 0.717) is 27.8 Å². The number of aromatic amines is 2. The maximum atomic E-state index is 13.4. The first kappa shape index (κ1) is 22.4. The molecule has 182 valence electrons. The highest BCUT2D eigenvalue weighted by molar-refractivity contribution is 6.31. The van der Waals surface area contributed by atoms with Crippen LogP contribution in [0.4, 0.5) is 11.4 Å². The lowest BCUT2D eigenvalue weighted by Crippen LogP contribution is -2.36. The summed E-state index contributed by atoms with van der Waals surface area (Å²) < 4.78 is 5.49. The van der Waals surface area contributed by atoms with Gasteiger partial charge in [0.25, 0.3) is 5.56 Å². The van der Waals surface area contributed by atoms with Crippen molar-refractivity contribution in [2.45, 2.75) is 12.8 Å². The molecule has 9 heteroatoms. The highest BCUT2D eigenvalue weighted by Crippen LogP contribution is 2.33. The second-order valence-corrected chi connectivity index (χ2v) is 9.79. The summed E-state index contributed by atoms with van der Waals surface area (Å²) in [7, 11) is 0. The van der Waals surface area contributed by atoms with Gasteiger partial charge in [-0.05, 0) is 68.2 Å². The fraction of sp³-hybridized carbons (Fsp3) is 0.385. The van der Waals surface area contributed by atoms with E-state index in [1.807, 2.05) is 18.2 Å². The van der Waals surface area contributed by atoms with Crippen molar-refractivity contribution in [1.29, 1.82) is 0 Å². The normalized spacial score (nSPS) is 17.3. The summed E-state index contributed by atoms with van der Waals surface area (Å²) in [6.45, 7) is 6.04. The van der Waals surface area contributed by atoms with Crippen LogP contribution < -0.4 is 21.1 Å². The number of nitrogens with one attached hydrogen (secondary N) is 4. The Hall–Kier alpha value is -3.07. The molecule has 0 bridgehead atoms. The summed E-state index contributed by atoms with van der Waals surface area (Å²) in [6.07, 6.45) is 2.23. The largest absolute Gasteiger partial charge is 0.383 e. The Morgan fingerprint density at radius 3 is 2.71 bits per heavy atom. The Morgan fingerprint density at radius 1 is 1.06 bits per heavy atom. The summed E-state index contributed by atoms with van der Waals surface area (Å²) in [5.74, 6) is 1.11. The van der Waals surface area contributed by atoms with Crippen LogP contribution >= 0.6 is 11.6 Å². The number of fused-ring (bicyclic) bond motifs is 2. The minimum atomic E-state index is -0.194. The number of halogens is 1. The van der Waals surface area contributed by atoms with Gasteiger partial charge in [-0.1, -0.05) is 11.6 Å². The molecule has 6 rings (SSSR count). The molecule has 0 atom stereocenters. The third kappa shape index (κ3) is 4.49. The number of imidazole rings is 1. The summed E-state index contributed by atoms with van der Waals surface area (Å²) in [4.78, 5) is 26.9. The van der Waals surface area contributed by atoms with Gasteiger partial charge in [0.05, 0.1) is 35.5 Å². The lowest BCUT2D eigenvalue weighted by atomic mass is 9.97. The molecule has 2 saturated heterocycles. The standard InChI is InChI=1S/C26H29ClN6O2/c27-17-1-3-19-21(13-17)32-26(34)23(24(19)29-15-16-5-7-28-8-6-16)25-30-20-4-2-18(14-22(20)31-25)33-9-11-35-12-10-33/h1-4,13-14,16,28H,5-12,15H2,(H,30,31)(H2,29,32,34). The zero-order chi connectivity index (χ0) is 23.8. The summed E-state index contributed by atoms with van der Waals surface area (Å²) in [6, 6.07) is 11.8. The maximum absolute atomic E-state index is 13.4. The maximum Gasteiger partial charge on any atom is 0.261 e. The third-order valence-electron chi connectivity index (χ3n) is 7.08. The number of hydrogen-bond donors (Lipinski definition) is 4. The monoisotopic (exact) mass is 492 g/mol. The molecule has 2 aromatic heterocycles. The number of benzene rings is 2. The first-order valence-corrected chi connectivity index (χ1v) is 12.7. The molecule has 0 spiro atoms.